The Bertz CT molecular complexity index is 306. The summed E-state index contributed by atoms with van der Waals surface area (Å²) in [6, 6.07) is 0. The Balaban J connectivity index is 2.17. The van der Waals surface area contributed by atoms with Crippen molar-refractivity contribution in [1.82, 2.24) is 0 Å². The summed E-state index contributed by atoms with van der Waals surface area (Å²) in [6.07, 6.45) is 4.45. The second kappa shape index (κ2) is 3.57. The van der Waals surface area contributed by atoms with E-state index in [9.17, 15) is 14.7 Å². The molecule has 90 valence electrons. The number of hydrogen-bond donors (Lipinski definition) is 1. The van der Waals surface area contributed by atoms with Gasteiger partial charge in [-0.15, -0.1) is 0 Å². The van der Waals surface area contributed by atoms with Crippen LogP contribution in [0.4, 0.5) is 0 Å². The highest BCUT2D eigenvalue weighted by Gasteiger charge is 2.55. The first-order valence-electron chi connectivity index (χ1n) is 6.20. The molecule has 3 rings (SSSR count). The molecule has 0 amide bonds. The lowest BCUT2D eigenvalue weighted by molar-refractivity contribution is -0.163. The highest BCUT2D eigenvalue weighted by molar-refractivity contribution is 5.88. The van der Waals surface area contributed by atoms with E-state index in [1.165, 1.54) is 0 Å². The van der Waals surface area contributed by atoms with E-state index in [-0.39, 0.29) is 11.3 Å². The number of Topliss-reactive ketones (excluding diaryl/α,β-unsaturated/α-hetero) is 1. The van der Waals surface area contributed by atoms with Crippen molar-refractivity contribution in [3.8, 4) is 0 Å². The van der Waals surface area contributed by atoms with E-state index in [4.69, 9.17) is 0 Å². The van der Waals surface area contributed by atoms with Crippen molar-refractivity contribution in [2.45, 2.75) is 52.4 Å². The monoisotopic (exact) mass is 224 g/mol. The predicted octanol–water partition coefficient (Wildman–Crippen LogP) is 2.64. The first-order valence-corrected chi connectivity index (χ1v) is 6.20. The van der Waals surface area contributed by atoms with Crippen LogP contribution in [0.1, 0.15) is 52.4 Å². The summed E-state index contributed by atoms with van der Waals surface area (Å²) in [5.41, 5.74) is -0.676. The molecule has 0 aromatic carbocycles. The maximum Gasteiger partial charge on any atom is 0.309 e. The van der Waals surface area contributed by atoms with Crippen LogP contribution in [0.5, 0.6) is 0 Å². The molecule has 0 aromatic rings. The van der Waals surface area contributed by atoms with E-state index in [0.29, 0.717) is 25.0 Å². The largest absolute Gasteiger partial charge is 0.481 e. The van der Waals surface area contributed by atoms with E-state index >= 15 is 0 Å². The maximum absolute atomic E-state index is 12.2. The van der Waals surface area contributed by atoms with Crippen LogP contribution in [0.25, 0.3) is 0 Å². The third-order valence-corrected chi connectivity index (χ3v) is 4.75. The van der Waals surface area contributed by atoms with Gasteiger partial charge in [-0.05, 0) is 38.5 Å². The summed E-state index contributed by atoms with van der Waals surface area (Å²) in [6.45, 7) is 3.90. The molecular weight excluding hydrogens is 204 g/mol. The van der Waals surface area contributed by atoms with E-state index in [1.54, 1.807) is 0 Å². The average molecular weight is 224 g/mol. The van der Waals surface area contributed by atoms with Crippen LogP contribution in [0.15, 0.2) is 0 Å². The van der Waals surface area contributed by atoms with E-state index in [1.807, 2.05) is 13.8 Å². The number of ketones is 1. The van der Waals surface area contributed by atoms with Gasteiger partial charge in [0, 0.05) is 11.3 Å². The Morgan fingerprint density at radius 3 is 1.62 bits per heavy atom. The minimum absolute atomic E-state index is 0.0791. The average Bonchev–Trinajstić information content (AvgIpc) is 2.30. The fourth-order valence-electron chi connectivity index (χ4n) is 3.49. The lowest BCUT2D eigenvalue weighted by Crippen LogP contribution is -2.50. The molecule has 0 saturated heterocycles. The van der Waals surface area contributed by atoms with Crippen molar-refractivity contribution in [3.63, 3.8) is 0 Å². The number of carbonyl (C=O) groups is 2. The fraction of sp³-hybridized carbons (Fsp3) is 0.846. The first kappa shape index (κ1) is 11.6. The zero-order valence-electron chi connectivity index (χ0n) is 10.1. The molecule has 3 fully saturated rings. The number of carboxylic acid groups (broad SMARTS) is 1. The highest BCUT2D eigenvalue weighted by atomic mass is 16.4. The molecule has 3 aliphatic rings. The molecular formula is C13H20O3. The predicted molar refractivity (Wildman–Crippen MR) is 60.0 cm³/mol. The molecule has 0 aromatic heterocycles. The van der Waals surface area contributed by atoms with Crippen molar-refractivity contribution in [2.24, 2.45) is 16.7 Å². The smallest absolute Gasteiger partial charge is 0.309 e. The van der Waals surface area contributed by atoms with E-state index in [2.05, 4.69) is 0 Å². The molecule has 0 aliphatic heterocycles. The number of fused-ring (bicyclic) bond motifs is 3. The molecule has 0 spiro atoms. The molecule has 3 aliphatic carbocycles. The van der Waals surface area contributed by atoms with Gasteiger partial charge in [-0.2, -0.15) is 0 Å². The van der Waals surface area contributed by atoms with Crippen molar-refractivity contribution >= 4 is 11.8 Å². The van der Waals surface area contributed by atoms with Crippen LogP contribution in [0.2, 0.25) is 0 Å². The van der Waals surface area contributed by atoms with Crippen LogP contribution >= 0.6 is 0 Å². The van der Waals surface area contributed by atoms with Crippen LogP contribution < -0.4 is 0 Å². The quantitative estimate of drug-likeness (QED) is 0.801. The lowest BCUT2D eigenvalue weighted by Gasteiger charge is -2.51. The molecule has 16 heavy (non-hydrogen) atoms. The summed E-state index contributed by atoms with van der Waals surface area (Å²) < 4.78 is 0. The van der Waals surface area contributed by atoms with Crippen LogP contribution in [-0.4, -0.2) is 16.9 Å². The summed E-state index contributed by atoms with van der Waals surface area (Å²) in [5.74, 6) is -0.223. The van der Waals surface area contributed by atoms with Gasteiger partial charge in [-0.1, -0.05) is 13.8 Å². The molecule has 3 saturated carbocycles. The van der Waals surface area contributed by atoms with Gasteiger partial charge in [0.25, 0.3) is 0 Å². The number of rotatable bonds is 3. The summed E-state index contributed by atoms with van der Waals surface area (Å²) >= 11 is 0. The zero-order chi connectivity index (χ0) is 12.0. The Labute approximate surface area is 96.2 Å². The minimum Gasteiger partial charge on any atom is -0.481 e. The van der Waals surface area contributed by atoms with Gasteiger partial charge in [0.15, 0.2) is 0 Å². The molecule has 0 atom stereocenters. The first-order chi connectivity index (χ1) is 7.42. The van der Waals surface area contributed by atoms with Crippen molar-refractivity contribution in [3.05, 3.63) is 0 Å². The molecule has 3 heteroatoms. The normalized spacial score (nSPS) is 37.7. The number of carbonyl (C=O) groups excluding carboxylic acids is 1. The summed E-state index contributed by atoms with van der Waals surface area (Å²) in [4.78, 5) is 23.5. The summed E-state index contributed by atoms with van der Waals surface area (Å²) in [7, 11) is 0. The Morgan fingerprint density at radius 1 is 0.938 bits per heavy atom. The molecule has 0 radical (unpaired) electrons. The third kappa shape index (κ3) is 1.48. The second-order valence-corrected chi connectivity index (χ2v) is 5.88. The van der Waals surface area contributed by atoms with E-state index in [0.717, 1.165) is 19.3 Å². The highest BCUT2D eigenvalue weighted by Crippen LogP contribution is 2.57. The van der Waals surface area contributed by atoms with Gasteiger partial charge in [0.1, 0.15) is 5.78 Å². The van der Waals surface area contributed by atoms with Crippen LogP contribution in [0, 0.1) is 16.7 Å². The number of aliphatic carboxylic acids is 1. The standard InChI is InChI=1S/C13H20O3/c1-9(2)10(14)12-3-6-13(7-4-12,8-5-12)11(15)16/h9H,3-8H2,1-2H3,(H,15,16). The van der Waals surface area contributed by atoms with Crippen molar-refractivity contribution in [1.29, 1.82) is 0 Å². The van der Waals surface area contributed by atoms with Crippen LogP contribution in [0.3, 0.4) is 0 Å². The van der Waals surface area contributed by atoms with Gasteiger partial charge in [0.05, 0.1) is 5.41 Å². The molecule has 0 unspecified atom stereocenters. The molecule has 1 N–H and O–H groups in total. The number of carboxylic acids is 1. The van der Waals surface area contributed by atoms with Gasteiger partial charge >= 0.3 is 5.97 Å². The van der Waals surface area contributed by atoms with Crippen molar-refractivity contribution in [2.75, 3.05) is 0 Å². The molecule has 2 bridgehead atoms. The zero-order valence-corrected chi connectivity index (χ0v) is 10.1. The second-order valence-electron chi connectivity index (χ2n) is 5.88. The van der Waals surface area contributed by atoms with Gasteiger partial charge in [-0.25, -0.2) is 0 Å². The molecule has 0 heterocycles. The van der Waals surface area contributed by atoms with Gasteiger partial charge in [-0.3, -0.25) is 9.59 Å². The SMILES string of the molecule is CC(C)C(=O)C12CCC(C(=O)O)(CC1)CC2. The fourth-order valence-corrected chi connectivity index (χ4v) is 3.49. The Morgan fingerprint density at radius 2 is 1.31 bits per heavy atom. The van der Waals surface area contributed by atoms with E-state index < -0.39 is 11.4 Å². The maximum atomic E-state index is 12.2. The topological polar surface area (TPSA) is 54.4 Å². The van der Waals surface area contributed by atoms with Crippen LogP contribution in [-0.2, 0) is 9.59 Å². The Kier molecular flexibility index (Phi) is 2.59. The Hall–Kier alpha value is -0.860. The van der Waals surface area contributed by atoms with Crippen molar-refractivity contribution < 1.29 is 14.7 Å². The lowest BCUT2D eigenvalue weighted by atomic mass is 9.51. The number of hydrogen-bond acceptors (Lipinski definition) is 2. The van der Waals surface area contributed by atoms with Gasteiger partial charge in [0.2, 0.25) is 0 Å². The summed E-state index contributed by atoms with van der Waals surface area (Å²) in [5, 5.41) is 9.26. The third-order valence-electron chi connectivity index (χ3n) is 4.75. The molecule has 3 nitrogen and oxygen atoms in total. The van der Waals surface area contributed by atoms with Gasteiger partial charge < -0.3 is 5.11 Å². The minimum atomic E-state index is -0.655.